The molecule has 5 rings (SSSR count). The molecule has 0 saturated heterocycles. The fourth-order valence-electron chi connectivity index (χ4n) is 3.86. The topological polar surface area (TPSA) is 105 Å². The molecule has 0 bridgehead atoms. The van der Waals surface area contributed by atoms with E-state index in [1.165, 1.54) is 17.6 Å². The van der Waals surface area contributed by atoms with Gasteiger partial charge >= 0.3 is 0 Å². The number of benzene rings is 4. The van der Waals surface area contributed by atoms with Crippen molar-refractivity contribution in [3.8, 4) is 17.0 Å². The predicted octanol–water partition coefficient (Wildman–Crippen LogP) is 7.95. The Morgan fingerprint density at radius 3 is 2.47 bits per heavy atom. The summed E-state index contributed by atoms with van der Waals surface area (Å²) in [5.41, 5.74) is 7.76. The Kier molecular flexibility index (Phi) is 9.68. The Hall–Kier alpha value is -4.70. The van der Waals surface area contributed by atoms with Gasteiger partial charge < -0.3 is 15.4 Å². The Morgan fingerprint density at radius 2 is 1.72 bits per heavy atom. The van der Waals surface area contributed by atoms with Crippen LogP contribution in [0, 0.1) is 6.92 Å². The normalized spacial score (nSPS) is 10.9. The van der Waals surface area contributed by atoms with E-state index in [1.54, 1.807) is 42.5 Å². The molecule has 0 saturated carbocycles. The van der Waals surface area contributed by atoms with Gasteiger partial charge in [-0.05, 0) is 72.6 Å². The van der Waals surface area contributed by atoms with Gasteiger partial charge in [0.1, 0.15) is 5.75 Å². The van der Waals surface area contributed by atoms with E-state index in [0.29, 0.717) is 32.6 Å². The fourth-order valence-corrected chi connectivity index (χ4v) is 5.02. The Morgan fingerprint density at radius 1 is 0.930 bits per heavy atom. The van der Waals surface area contributed by atoms with Crippen molar-refractivity contribution < 1.29 is 14.3 Å². The summed E-state index contributed by atoms with van der Waals surface area (Å²) in [7, 11) is 0. The van der Waals surface area contributed by atoms with E-state index in [9.17, 15) is 9.59 Å². The van der Waals surface area contributed by atoms with Crippen LogP contribution in [0.1, 0.15) is 21.5 Å². The monoisotopic (exact) mass is 629 g/mol. The highest BCUT2D eigenvalue weighted by Crippen LogP contribution is 2.28. The number of hydrogen-bond acceptors (Lipinski definition) is 7. The predicted molar refractivity (Wildman–Crippen MR) is 174 cm³/mol. The van der Waals surface area contributed by atoms with Crippen molar-refractivity contribution in [1.82, 2.24) is 10.4 Å². The minimum Gasteiger partial charge on any atom is -0.482 e. The van der Waals surface area contributed by atoms with Crippen LogP contribution in [-0.2, 0) is 4.79 Å². The number of carbonyl (C=O) groups is 2. The molecular weight excluding hydrogens is 605 g/mol. The van der Waals surface area contributed by atoms with Gasteiger partial charge in [-0.2, -0.15) is 5.10 Å². The minimum absolute atomic E-state index is 0.234. The van der Waals surface area contributed by atoms with Crippen LogP contribution in [0.3, 0.4) is 0 Å². The Bertz CT molecular complexity index is 1780. The van der Waals surface area contributed by atoms with Gasteiger partial charge in [0, 0.05) is 32.9 Å². The number of nitrogens with zero attached hydrogens (tertiary/aromatic N) is 2. The molecule has 8 nitrogen and oxygen atoms in total. The molecule has 11 heteroatoms. The maximum atomic E-state index is 12.6. The molecule has 4 aromatic carbocycles. The number of hydrazone groups is 1. The Balaban J connectivity index is 1.10. The molecule has 2 amide bonds. The molecule has 0 aliphatic rings. The third kappa shape index (κ3) is 8.20. The summed E-state index contributed by atoms with van der Waals surface area (Å²) in [5, 5.41) is 13.6. The fraction of sp³-hybridized carbons (Fsp3) is 0.0625. The van der Waals surface area contributed by atoms with Crippen molar-refractivity contribution >= 4 is 69.1 Å². The van der Waals surface area contributed by atoms with Gasteiger partial charge in [0.25, 0.3) is 11.8 Å². The van der Waals surface area contributed by atoms with E-state index in [1.807, 2.05) is 60.8 Å². The molecule has 0 aliphatic heterocycles. The Labute approximate surface area is 262 Å². The van der Waals surface area contributed by atoms with Gasteiger partial charge in [0.2, 0.25) is 0 Å². The minimum atomic E-state index is -0.362. The molecule has 216 valence electrons. The first-order valence-electron chi connectivity index (χ1n) is 13.0. The van der Waals surface area contributed by atoms with Crippen LogP contribution in [-0.4, -0.2) is 29.6 Å². The van der Waals surface area contributed by atoms with Gasteiger partial charge in [0.15, 0.2) is 11.7 Å². The number of anilines is 3. The van der Waals surface area contributed by atoms with Crippen molar-refractivity contribution in [2.45, 2.75) is 6.92 Å². The molecule has 43 heavy (non-hydrogen) atoms. The van der Waals surface area contributed by atoms with Gasteiger partial charge in [-0.25, -0.2) is 10.4 Å². The molecule has 1 heterocycles. The van der Waals surface area contributed by atoms with E-state index in [2.05, 4.69) is 26.1 Å². The zero-order valence-corrected chi connectivity index (χ0v) is 25.1. The second kappa shape index (κ2) is 14.0. The lowest BCUT2D eigenvalue weighted by molar-refractivity contribution is -0.118. The van der Waals surface area contributed by atoms with E-state index in [4.69, 9.17) is 27.9 Å². The first-order chi connectivity index (χ1) is 20.8. The number of amides is 2. The zero-order valence-electron chi connectivity index (χ0n) is 22.8. The smallest absolute Gasteiger partial charge is 0.271 e. The van der Waals surface area contributed by atoms with Crippen LogP contribution in [0.5, 0.6) is 5.75 Å². The number of halogens is 2. The van der Waals surface area contributed by atoms with Gasteiger partial charge in [-0.3, -0.25) is 9.59 Å². The number of thiazole rings is 1. The van der Waals surface area contributed by atoms with Crippen LogP contribution < -0.4 is 20.8 Å². The summed E-state index contributed by atoms with van der Waals surface area (Å²) in [6.45, 7) is 1.65. The number of ether oxygens (including phenoxy) is 1. The zero-order chi connectivity index (χ0) is 30.2. The van der Waals surface area contributed by atoms with Crippen LogP contribution in [0.25, 0.3) is 11.3 Å². The van der Waals surface area contributed by atoms with Crippen LogP contribution in [0.4, 0.5) is 16.5 Å². The number of para-hydroxylation sites is 1. The standard InChI is InChI=1S/C32H25Cl2N5O3S/c1-20-7-13-25(16-26(20)33)36-30(40)18-42-29-14-8-21(15-27(29)34)17-35-39-31(41)23-11-9-22(10-12-23)28-19-43-32(38-28)37-24-5-3-2-4-6-24/h2-17,19H,18H2,1H3,(H,36,40)(H,37,38)(H,39,41)/b35-17+. The molecule has 0 unspecified atom stereocenters. The van der Waals surface area contributed by atoms with Gasteiger partial charge in [0.05, 0.1) is 16.9 Å². The third-order valence-electron chi connectivity index (χ3n) is 6.12. The maximum Gasteiger partial charge on any atom is 0.271 e. The first kappa shape index (κ1) is 29.8. The second-order valence-corrected chi connectivity index (χ2v) is 11.0. The average Bonchev–Trinajstić information content (AvgIpc) is 3.47. The number of aromatic nitrogens is 1. The number of hydrogen-bond donors (Lipinski definition) is 3. The largest absolute Gasteiger partial charge is 0.482 e. The SMILES string of the molecule is Cc1ccc(NC(=O)COc2ccc(/C=N/NC(=O)c3ccc(-c4csc(Nc5ccccc5)n4)cc3)cc2Cl)cc1Cl. The molecule has 0 fully saturated rings. The lowest BCUT2D eigenvalue weighted by Crippen LogP contribution is -2.20. The maximum absolute atomic E-state index is 12.6. The van der Waals surface area contributed by atoms with Crippen molar-refractivity contribution in [1.29, 1.82) is 0 Å². The summed E-state index contributed by atoms with van der Waals surface area (Å²) in [6.07, 6.45) is 1.46. The quantitative estimate of drug-likeness (QED) is 0.107. The highest BCUT2D eigenvalue weighted by molar-refractivity contribution is 7.14. The molecule has 3 N–H and O–H groups in total. The van der Waals surface area contributed by atoms with E-state index >= 15 is 0 Å². The molecular formula is C32H25Cl2N5O3S. The average molecular weight is 631 g/mol. The van der Waals surface area contributed by atoms with Crippen molar-refractivity contribution in [3.63, 3.8) is 0 Å². The number of nitrogens with one attached hydrogen (secondary N) is 3. The lowest BCUT2D eigenvalue weighted by atomic mass is 10.1. The van der Waals surface area contributed by atoms with Crippen LogP contribution in [0.2, 0.25) is 10.0 Å². The number of aryl methyl sites for hydroxylation is 1. The van der Waals surface area contributed by atoms with Crippen LogP contribution >= 0.6 is 34.5 Å². The molecule has 0 aliphatic carbocycles. The molecule has 0 atom stereocenters. The summed E-state index contributed by atoms with van der Waals surface area (Å²) in [5.74, 6) is -0.378. The highest BCUT2D eigenvalue weighted by atomic mass is 35.5. The van der Waals surface area contributed by atoms with E-state index in [0.717, 1.165) is 27.6 Å². The van der Waals surface area contributed by atoms with Crippen LogP contribution in [0.15, 0.2) is 101 Å². The van der Waals surface area contributed by atoms with Gasteiger partial charge in [-0.1, -0.05) is 59.6 Å². The summed E-state index contributed by atoms with van der Waals surface area (Å²) >= 11 is 13.9. The third-order valence-corrected chi connectivity index (χ3v) is 7.58. The molecule has 1 aromatic heterocycles. The van der Waals surface area contributed by atoms with Crippen molar-refractivity contribution in [2.24, 2.45) is 5.10 Å². The summed E-state index contributed by atoms with van der Waals surface area (Å²) < 4.78 is 5.55. The van der Waals surface area contributed by atoms with Crippen molar-refractivity contribution in [2.75, 3.05) is 17.2 Å². The van der Waals surface area contributed by atoms with Gasteiger partial charge in [-0.15, -0.1) is 11.3 Å². The molecule has 5 aromatic rings. The summed E-state index contributed by atoms with van der Waals surface area (Å²) in [4.78, 5) is 29.5. The summed E-state index contributed by atoms with van der Waals surface area (Å²) in [6, 6.07) is 27.2. The van der Waals surface area contributed by atoms with E-state index in [-0.39, 0.29) is 18.4 Å². The number of rotatable bonds is 10. The highest BCUT2D eigenvalue weighted by Gasteiger charge is 2.10. The van der Waals surface area contributed by atoms with Crippen molar-refractivity contribution in [3.05, 3.63) is 123 Å². The molecule has 0 radical (unpaired) electrons. The lowest BCUT2D eigenvalue weighted by Gasteiger charge is -2.10. The second-order valence-electron chi connectivity index (χ2n) is 9.30. The molecule has 0 spiro atoms. The van der Waals surface area contributed by atoms with E-state index < -0.39 is 0 Å². The first-order valence-corrected chi connectivity index (χ1v) is 14.7. The number of carbonyl (C=O) groups excluding carboxylic acids is 2.